The first-order valence-corrected chi connectivity index (χ1v) is 6.56. The minimum atomic E-state index is 0.565. The highest BCUT2D eigenvalue weighted by atomic mass is 35.5. The van der Waals surface area contributed by atoms with Gasteiger partial charge in [0.25, 0.3) is 0 Å². The fraction of sp³-hybridized carbons (Fsp3) is 0.188. The van der Waals surface area contributed by atoms with Gasteiger partial charge in [-0.05, 0) is 24.3 Å². The Bertz CT molecular complexity index is 649. The van der Waals surface area contributed by atoms with Crippen LogP contribution in [0.5, 0.6) is 5.75 Å². The summed E-state index contributed by atoms with van der Waals surface area (Å²) in [6.07, 6.45) is 0. The van der Waals surface area contributed by atoms with Crippen molar-refractivity contribution in [1.29, 1.82) is 5.26 Å². The van der Waals surface area contributed by atoms with Gasteiger partial charge in [0.1, 0.15) is 11.8 Å². The molecule has 2 aromatic rings. The Labute approximate surface area is 124 Å². The molecule has 0 aromatic heterocycles. The van der Waals surface area contributed by atoms with Crippen molar-refractivity contribution >= 4 is 17.3 Å². The smallest absolute Gasteiger partial charge is 0.123 e. The van der Waals surface area contributed by atoms with E-state index in [1.165, 1.54) is 0 Å². The van der Waals surface area contributed by atoms with Crippen molar-refractivity contribution in [3.05, 3.63) is 58.6 Å². The van der Waals surface area contributed by atoms with Gasteiger partial charge < -0.3 is 9.64 Å². The Hall–Kier alpha value is -2.18. The lowest BCUT2D eigenvalue weighted by Gasteiger charge is -2.21. The average Bonchev–Trinajstić information content (AvgIpc) is 2.47. The molecule has 102 valence electrons. The Morgan fingerprint density at radius 3 is 2.70 bits per heavy atom. The van der Waals surface area contributed by atoms with Gasteiger partial charge in [0.15, 0.2) is 0 Å². The molecule has 4 heteroatoms. The van der Waals surface area contributed by atoms with Crippen LogP contribution in [0.15, 0.2) is 42.5 Å². The topological polar surface area (TPSA) is 36.3 Å². The van der Waals surface area contributed by atoms with Crippen molar-refractivity contribution in [2.45, 2.75) is 6.54 Å². The van der Waals surface area contributed by atoms with Crippen LogP contribution in [-0.4, -0.2) is 14.2 Å². The fourth-order valence-electron chi connectivity index (χ4n) is 2.10. The quantitative estimate of drug-likeness (QED) is 0.856. The Balaban J connectivity index is 2.29. The van der Waals surface area contributed by atoms with Crippen LogP contribution in [0.1, 0.15) is 11.1 Å². The molecule has 0 aliphatic carbocycles. The molecule has 20 heavy (non-hydrogen) atoms. The Kier molecular flexibility index (Phi) is 4.49. The van der Waals surface area contributed by atoms with E-state index in [-0.39, 0.29) is 0 Å². The van der Waals surface area contributed by atoms with Gasteiger partial charge in [-0.1, -0.05) is 29.8 Å². The van der Waals surface area contributed by atoms with Gasteiger partial charge in [0.05, 0.1) is 18.4 Å². The molecule has 3 nitrogen and oxygen atoms in total. The molecule has 0 fully saturated rings. The zero-order valence-corrected chi connectivity index (χ0v) is 12.2. The van der Waals surface area contributed by atoms with Crippen LogP contribution in [0.4, 0.5) is 5.69 Å². The van der Waals surface area contributed by atoms with Crippen molar-refractivity contribution in [2.24, 2.45) is 0 Å². The van der Waals surface area contributed by atoms with E-state index in [1.54, 1.807) is 19.2 Å². The molecule has 0 N–H and O–H groups in total. The van der Waals surface area contributed by atoms with Crippen molar-refractivity contribution in [1.82, 2.24) is 0 Å². The maximum atomic E-state index is 9.20. The van der Waals surface area contributed by atoms with E-state index < -0.39 is 0 Å². The van der Waals surface area contributed by atoms with Gasteiger partial charge in [-0.15, -0.1) is 0 Å². The lowest BCUT2D eigenvalue weighted by Crippen LogP contribution is -2.18. The maximum absolute atomic E-state index is 9.20. The summed E-state index contributed by atoms with van der Waals surface area (Å²) in [5.74, 6) is 0.840. The first-order chi connectivity index (χ1) is 9.65. The minimum Gasteiger partial charge on any atom is -0.496 e. The van der Waals surface area contributed by atoms with Crippen LogP contribution in [0.2, 0.25) is 5.02 Å². The minimum absolute atomic E-state index is 0.565. The first-order valence-electron chi connectivity index (χ1n) is 6.18. The molecule has 2 aromatic carbocycles. The van der Waals surface area contributed by atoms with Crippen molar-refractivity contribution in [3.8, 4) is 11.8 Å². The molecule has 2 rings (SSSR count). The molecule has 0 saturated heterocycles. The number of nitriles is 1. The highest BCUT2D eigenvalue weighted by molar-refractivity contribution is 6.30. The van der Waals surface area contributed by atoms with Gasteiger partial charge in [0, 0.05) is 24.2 Å². The van der Waals surface area contributed by atoms with Gasteiger partial charge in [-0.3, -0.25) is 0 Å². The lowest BCUT2D eigenvalue weighted by molar-refractivity contribution is 0.409. The molecule has 0 heterocycles. The summed E-state index contributed by atoms with van der Waals surface area (Å²) in [4.78, 5) is 2.01. The molecule has 0 atom stereocenters. The van der Waals surface area contributed by atoms with Gasteiger partial charge in [0.2, 0.25) is 0 Å². The molecule has 0 aliphatic heterocycles. The van der Waals surface area contributed by atoms with Crippen LogP contribution in [0.3, 0.4) is 0 Å². The van der Waals surface area contributed by atoms with Gasteiger partial charge >= 0.3 is 0 Å². The number of benzene rings is 2. The van der Waals surface area contributed by atoms with Gasteiger partial charge in [-0.2, -0.15) is 5.26 Å². The van der Waals surface area contributed by atoms with E-state index >= 15 is 0 Å². The molecular formula is C16H15ClN2O. The summed E-state index contributed by atoms with van der Waals surface area (Å²) < 4.78 is 5.34. The monoisotopic (exact) mass is 286 g/mol. The molecule has 0 bridgehead atoms. The lowest BCUT2D eigenvalue weighted by atomic mass is 10.1. The van der Waals surface area contributed by atoms with E-state index in [0.717, 1.165) is 17.0 Å². The summed E-state index contributed by atoms with van der Waals surface area (Å²) >= 11 is 5.92. The van der Waals surface area contributed by atoms with Crippen molar-refractivity contribution in [2.75, 3.05) is 19.1 Å². The second-order valence-electron chi connectivity index (χ2n) is 4.44. The standard InChI is InChI=1S/C16H15ClN2O/c1-19(11-12-5-3-4-6-16(12)20-2)15-8-7-14(17)9-13(15)10-18/h3-9H,11H2,1-2H3. The molecule has 0 radical (unpaired) electrons. The predicted octanol–water partition coefficient (Wildman–Crippen LogP) is 3.86. The Morgan fingerprint density at radius 2 is 2.00 bits per heavy atom. The SMILES string of the molecule is COc1ccccc1CN(C)c1ccc(Cl)cc1C#N. The molecule has 0 aliphatic rings. The van der Waals surface area contributed by atoms with Crippen LogP contribution >= 0.6 is 11.6 Å². The Morgan fingerprint density at radius 1 is 1.25 bits per heavy atom. The summed E-state index contributed by atoms with van der Waals surface area (Å²) in [6, 6.07) is 15.3. The number of nitrogens with zero attached hydrogens (tertiary/aromatic N) is 2. The largest absolute Gasteiger partial charge is 0.496 e. The van der Waals surface area contributed by atoms with Crippen LogP contribution in [-0.2, 0) is 6.54 Å². The molecule has 0 unspecified atom stereocenters. The second-order valence-corrected chi connectivity index (χ2v) is 4.88. The highest BCUT2D eigenvalue weighted by Crippen LogP contribution is 2.26. The van der Waals surface area contributed by atoms with Gasteiger partial charge in [-0.25, -0.2) is 0 Å². The molecule has 0 amide bonds. The number of para-hydroxylation sites is 1. The number of ether oxygens (including phenoxy) is 1. The van der Waals surface area contributed by atoms with Crippen LogP contribution < -0.4 is 9.64 Å². The van der Waals surface area contributed by atoms with E-state index in [1.807, 2.05) is 42.3 Å². The highest BCUT2D eigenvalue weighted by Gasteiger charge is 2.10. The summed E-state index contributed by atoms with van der Waals surface area (Å²) in [6.45, 7) is 0.653. The summed E-state index contributed by atoms with van der Waals surface area (Å²) in [5.41, 5.74) is 2.48. The van der Waals surface area contributed by atoms with Crippen LogP contribution in [0.25, 0.3) is 0 Å². The van der Waals surface area contributed by atoms with Crippen LogP contribution in [0, 0.1) is 11.3 Å². The number of hydrogen-bond acceptors (Lipinski definition) is 3. The summed E-state index contributed by atoms with van der Waals surface area (Å²) in [5, 5.41) is 9.76. The number of anilines is 1. The van der Waals surface area contributed by atoms with E-state index in [0.29, 0.717) is 17.1 Å². The zero-order valence-electron chi connectivity index (χ0n) is 11.4. The number of methoxy groups -OCH3 is 1. The number of rotatable bonds is 4. The van der Waals surface area contributed by atoms with Crippen molar-refractivity contribution in [3.63, 3.8) is 0 Å². The average molecular weight is 287 g/mol. The van der Waals surface area contributed by atoms with E-state index in [9.17, 15) is 5.26 Å². The third-order valence-electron chi connectivity index (χ3n) is 3.09. The number of halogens is 1. The maximum Gasteiger partial charge on any atom is 0.123 e. The molecule has 0 saturated carbocycles. The zero-order chi connectivity index (χ0) is 14.5. The molecule has 0 spiro atoms. The van der Waals surface area contributed by atoms with E-state index in [2.05, 4.69) is 6.07 Å². The first kappa shape index (κ1) is 14.2. The predicted molar refractivity (Wildman–Crippen MR) is 81.3 cm³/mol. The van der Waals surface area contributed by atoms with E-state index in [4.69, 9.17) is 16.3 Å². The third kappa shape index (κ3) is 3.04. The number of hydrogen-bond donors (Lipinski definition) is 0. The molecular weight excluding hydrogens is 272 g/mol. The normalized spacial score (nSPS) is 9.90. The summed E-state index contributed by atoms with van der Waals surface area (Å²) in [7, 11) is 3.60. The fourth-order valence-corrected chi connectivity index (χ4v) is 2.28. The van der Waals surface area contributed by atoms with Crippen molar-refractivity contribution < 1.29 is 4.74 Å². The third-order valence-corrected chi connectivity index (χ3v) is 3.33. The second kappa shape index (κ2) is 6.31.